The molecule has 0 saturated heterocycles. The number of pyridine rings is 1. The highest BCUT2D eigenvalue weighted by molar-refractivity contribution is 6.29. The second-order valence-corrected chi connectivity index (χ2v) is 9.61. The van der Waals surface area contributed by atoms with Crippen molar-refractivity contribution in [2.75, 3.05) is 0 Å². The van der Waals surface area contributed by atoms with Crippen molar-refractivity contribution in [3.05, 3.63) is 113 Å². The van der Waals surface area contributed by atoms with Crippen LogP contribution in [0.3, 0.4) is 0 Å². The maximum Gasteiger partial charge on any atom is 0.408 e. The van der Waals surface area contributed by atoms with Crippen molar-refractivity contribution in [1.29, 1.82) is 0 Å². The van der Waals surface area contributed by atoms with Crippen LogP contribution in [0.15, 0.2) is 97.1 Å². The van der Waals surface area contributed by atoms with Crippen LogP contribution in [0.5, 0.6) is 0 Å². The van der Waals surface area contributed by atoms with Gasteiger partial charge in [0.2, 0.25) is 0 Å². The molecule has 1 aliphatic carbocycles. The number of carboxylic acid groups (broad SMARTS) is 1. The molecule has 1 aliphatic rings. The van der Waals surface area contributed by atoms with E-state index in [9.17, 15) is 9.90 Å². The molecule has 6 rings (SSSR count). The lowest BCUT2D eigenvalue weighted by Crippen LogP contribution is -2.39. The Morgan fingerprint density at radius 3 is 2.05 bits per heavy atom. The molecule has 2 heterocycles. The van der Waals surface area contributed by atoms with Crippen LogP contribution in [-0.2, 0) is 12.1 Å². The number of rotatable bonds is 6. The highest BCUT2D eigenvalue weighted by Crippen LogP contribution is 2.52. The second-order valence-electron chi connectivity index (χ2n) is 9.23. The van der Waals surface area contributed by atoms with Crippen LogP contribution >= 0.6 is 11.6 Å². The van der Waals surface area contributed by atoms with E-state index in [-0.39, 0.29) is 0 Å². The lowest BCUT2D eigenvalue weighted by Gasteiger charge is -2.30. The van der Waals surface area contributed by atoms with Crippen molar-refractivity contribution in [3.8, 4) is 22.5 Å². The molecule has 0 radical (unpaired) electrons. The van der Waals surface area contributed by atoms with Gasteiger partial charge in [-0.25, -0.2) is 19.7 Å². The van der Waals surface area contributed by atoms with E-state index in [2.05, 4.69) is 4.98 Å². The first-order valence-corrected chi connectivity index (χ1v) is 12.5. The van der Waals surface area contributed by atoms with Gasteiger partial charge >= 0.3 is 6.09 Å². The van der Waals surface area contributed by atoms with E-state index in [1.165, 1.54) is 0 Å². The summed E-state index contributed by atoms with van der Waals surface area (Å²) in [7, 11) is 0. The average Bonchev–Trinajstić information content (AvgIpc) is 3.74. The van der Waals surface area contributed by atoms with Gasteiger partial charge < -0.3 is 5.11 Å². The Balaban J connectivity index is 1.39. The predicted octanol–water partition coefficient (Wildman–Crippen LogP) is 7.18. The number of hydrogen-bond donors (Lipinski definition) is 1. The lowest BCUT2D eigenvalue weighted by atomic mass is 9.98. The molecule has 0 spiro atoms. The van der Waals surface area contributed by atoms with Gasteiger partial charge in [0.25, 0.3) is 0 Å². The van der Waals surface area contributed by atoms with Crippen LogP contribution < -0.4 is 0 Å². The van der Waals surface area contributed by atoms with Crippen LogP contribution in [0.2, 0.25) is 5.15 Å². The Kier molecular flexibility index (Phi) is 5.81. The van der Waals surface area contributed by atoms with E-state index in [1.807, 2.05) is 91.0 Å². The Labute approximate surface area is 219 Å². The fourth-order valence-corrected chi connectivity index (χ4v) is 5.00. The van der Waals surface area contributed by atoms with Gasteiger partial charge in [-0.15, -0.1) is 0 Å². The quantitative estimate of drug-likeness (QED) is 0.247. The van der Waals surface area contributed by atoms with E-state index >= 15 is 0 Å². The van der Waals surface area contributed by atoms with Crippen LogP contribution in [0, 0.1) is 0 Å². The molecular formula is C30H23ClN4O2. The van der Waals surface area contributed by atoms with E-state index in [0.717, 1.165) is 40.8 Å². The molecule has 1 amide bonds. The van der Waals surface area contributed by atoms with Crippen molar-refractivity contribution in [1.82, 2.24) is 19.9 Å². The van der Waals surface area contributed by atoms with Crippen LogP contribution in [0.1, 0.15) is 24.0 Å². The molecule has 1 fully saturated rings. The zero-order chi connectivity index (χ0) is 25.4. The Morgan fingerprint density at radius 1 is 0.784 bits per heavy atom. The van der Waals surface area contributed by atoms with Gasteiger partial charge in [-0.05, 0) is 36.1 Å². The largest absolute Gasteiger partial charge is 0.465 e. The summed E-state index contributed by atoms with van der Waals surface area (Å²) in [5.74, 6) is 0. The van der Waals surface area contributed by atoms with Crippen LogP contribution in [-0.4, -0.2) is 31.1 Å². The Hall–Kier alpha value is -4.29. The number of amides is 1. The minimum Gasteiger partial charge on any atom is -0.465 e. The summed E-state index contributed by atoms with van der Waals surface area (Å²) in [4.78, 5) is 27.9. The predicted molar refractivity (Wildman–Crippen MR) is 144 cm³/mol. The molecule has 7 heteroatoms. The first-order valence-electron chi connectivity index (χ1n) is 12.1. The fourth-order valence-electron chi connectivity index (χ4n) is 4.86. The summed E-state index contributed by atoms with van der Waals surface area (Å²) >= 11 is 6.11. The summed E-state index contributed by atoms with van der Waals surface area (Å²) in [6.07, 6.45) is 0.676. The zero-order valence-corrected chi connectivity index (χ0v) is 20.6. The molecule has 182 valence electrons. The molecule has 1 saturated carbocycles. The molecule has 3 aromatic carbocycles. The Bertz CT molecular complexity index is 1590. The summed E-state index contributed by atoms with van der Waals surface area (Å²) < 4.78 is 0. The van der Waals surface area contributed by atoms with E-state index in [0.29, 0.717) is 28.6 Å². The van der Waals surface area contributed by atoms with Gasteiger partial charge in [0, 0.05) is 17.7 Å². The SMILES string of the molecule is O=C(O)N(Cc1ccccc1)C1(c2ccc(-c3nc4ccc(Cl)nc4nc3-c3ccccc3)cc2)CC1. The molecule has 0 bridgehead atoms. The summed E-state index contributed by atoms with van der Waals surface area (Å²) in [6.45, 7) is 0.349. The lowest BCUT2D eigenvalue weighted by molar-refractivity contribution is 0.112. The molecule has 0 atom stereocenters. The highest BCUT2D eigenvalue weighted by Gasteiger charge is 2.51. The average molecular weight is 507 g/mol. The third-order valence-corrected chi connectivity index (χ3v) is 7.10. The molecule has 5 aromatic rings. The molecule has 2 aromatic heterocycles. The minimum atomic E-state index is -0.914. The molecule has 0 aliphatic heterocycles. The molecule has 0 unspecified atom stereocenters. The molecule has 6 nitrogen and oxygen atoms in total. The first kappa shape index (κ1) is 23.1. The van der Waals surface area contributed by atoms with E-state index < -0.39 is 11.6 Å². The van der Waals surface area contributed by atoms with Crippen molar-refractivity contribution in [2.45, 2.75) is 24.9 Å². The minimum absolute atomic E-state index is 0.349. The topological polar surface area (TPSA) is 79.2 Å². The number of benzene rings is 3. The van der Waals surface area contributed by atoms with Crippen LogP contribution in [0.4, 0.5) is 4.79 Å². The number of nitrogens with zero attached hydrogens (tertiary/aromatic N) is 4. The molecule has 37 heavy (non-hydrogen) atoms. The van der Waals surface area contributed by atoms with Gasteiger partial charge in [-0.3, -0.25) is 4.90 Å². The number of aromatic nitrogens is 3. The van der Waals surface area contributed by atoms with Crippen molar-refractivity contribution >= 4 is 28.9 Å². The third kappa shape index (κ3) is 4.41. The fraction of sp³-hybridized carbons (Fsp3) is 0.133. The maximum atomic E-state index is 12.3. The number of fused-ring (bicyclic) bond motifs is 1. The second kappa shape index (κ2) is 9.30. The molecule has 1 N–H and O–H groups in total. The van der Waals surface area contributed by atoms with Crippen molar-refractivity contribution < 1.29 is 9.90 Å². The number of halogens is 1. The third-order valence-electron chi connectivity index (χ3n) is 6.89. The van der Waals surface area contributed by atoms with Gasteiger partial charge in [-0.2, -0.15) is 0 Å². The first-order chi connectivity index (χ1) is 18.0. The van der Waals surface area contributed by atoms with Crippen LogP contribution in [0.25, 0.3) is 33.7 Å². The smallest absolute Gasteiger partial charge is 0.408 e. The van der Waals surface area contributed by atoms with Crippen molar-refractivity contribution in [3.63, 3.8) is 0 Å². The monoisotopic (exact) mass is 506 g/mol. The van der Waals surface area contributed by atoms with Gasteiger partial charge in [-0.1, -0.05) is 96.5 Å². The normalized spacial score (nSPS) is 13.9. The maximum absolute atomic E-state index is 12.3. The number of carbonyl (C=O) groups is 1. The summed E-state index contributed by atoms with van der Waals surface area (Å²) in [5, 5.41) is 10.4. The van der Waals surface area contributed by atoms with E-state index in [1.54, 1.807) is 11.0 Å². The standard InChI is InChI=1S/C30H23ClN4O2/c31-25-16-15-24-28(33-25)34-27(21-9-5-2-6-10-21)26(32-24)22-11-13-23(14-12-22)30(17-18-30)35(29(36)37)19-20-7-3-1-4-8-20/h1-16H,17-19H2,(H,36,37). The van der Waals surface area contributed by atoms with E-state index in [4.69, 9.17) is 21.6 Å². The van der Waals surface area contributed by atoms with Gasteiger partial charge in [0.05, 0.1) is 16.9 Å². The molecular weight excluding hydrogens is 484 g/mol. The summed E-state index contributed by atoms with van der Waals surface area (Å²) in [5.41, 5.74) is 5.86. The van der Waals surface area contributed by atoms with Crippen molar-refractivity contribution in [2.24, 2.45) is 0 Å². The Morgan fingerprint density at radius 2 is 1.41 bits per heavy atom. The number of hydrogen-bond acceptors (Lipinski definition) is 4. The summed E-state index contributed by atoms with van der Waals surface area (Å²) in [6, 6.07) is 31.2. The zero-order valence-electron chi connectivity index (χ0n) is 19.9. The van der Waals surface area contributed by atoms with Gasteiger partial charge in [0.15, 0.2) is 5.65 Å². The van der Waals surface area contributed by atoms with Gasteiger partial charge in [0.1, 0.15) is 10.7 Å². The highest BCUT2D eigenvalue weighted by atomic mass is 35.5.